The van der Waals surface area contributed by atoms with Crippen LogP contribution in [0.4, 0.5) is 0 Å². The molecule has 1 saturated carbocycles. The van der Waals surface area contributed by atoms with Gasteiger partial charge in [0.25, 0.3) is 0 Å². The number of hydrogen-bond donors (Lipinski definition) is 1. The third-order valence-electron chi connectivity index (χ3n) is 2.84. The molecule has 0 aliphatic heterocycles. The Kier molecular flexibility index (Phi) is 5.75. The Labute approximate surface area is 93.8 Å². The smallest absolute Gasteiger partial charge is 0.0765 e. The molecule has 15 heavy (non-hydrogen) atoms. The third-order valence-corrected chi connectivity index (χ3v) is 2.84. The van der Waals surface area contributed by atoms with Crippen LogP contribution in [-0.4, -0.2) is 25.3 Å². The van der Waals surface area contributed by atoms with Gasteiger partial charge in [0.2, 0.25) is 0 Å². The van der Waals surface area contributed by atoms with Crippen molar-refractivity contribution in [3.8, 4) is 12.3 Å². The molecule has 1 aliphatic rings. The standard InChI is InChI=1S/C13H23NO/c1-4-7-12(14-10-5-2)13(15-6-3)11-8-9-11/h1,11-14H,5-10H2,2-3H3. The first-order chi connectivity index (χ1) is 7.33. The first-order valence-electron chi connectivity index (χ1n) is 6.11. The van der Waals surface area contributed by atoms with Crippen molar-refractivity contribution in [1.82, 2.24) is 5.32 Å². The Morgan fingerprint density at radius 2 is 2.20 bits per heavy atom. The van der Waals surface area contributed by atoms with Crippen LogP contribution in [-0.2, 0) is 4.74 Å². The van der Waals surface area contributed by atoms with Gasteiger partial charge in [-0.1, -0.05) is 6.92 Å². The summed E-state index contributed by atoms with van der Waals surface area (Å²) >= 11 is 0. The van der Waals surface area contributed by atoms with Crippen molar-refractivity contribution in [2.45, 2.75) is 51.7 Å². The van der Waals surface area contributed by atoms with Crippen molar-refractivity contribution in [3.63, 3.8) is 0 Å². The van der Waals surface area contributed by atoms with E-state index in [2.05, 4.69) is 25.1 Å². The van der Waals surface area contributed by atoms with Gasteiger partial charge in [-0.25, -0.2) is 0 Å². The molecule has 0 spiro atoms. The fourth-order valence-corrected chi connectivity index (χ4v) is 1.96. The van der Waals surface area contributed by atoms with Crippen LogP contribution in [0.25, 0.3) is 0 Å². The predicted molar refractivity (Wildman–Crippen MR) is 63.7 cm³/mol. The number of terminal acetylenes is 1. The van der Waals surface area contributed by atoms with Crippen LogP contribution in [0, 0.1) is 18.3 Å². The molecule has 2 atom stereocenters. The summed E-state index contributed by atoms with van der Waals surface area (Å²) in [5.41, 5.74) is 0. The number of nitrogens with one attached hydrogen (secondary N) is 1. The minimum absolute atomic E-state index is 0.331. The molecule has 2 nitrogen and oxygen atoms in total. The maximum absolute atomic E-state index is 5.82. The summed E-state index contributed by atoms with van der Waals surface area (Å²) in [5.74, 6) is 3.50. The van der Waals surface area contributed by atoms with Gasteiger partial charge >= 0.3 is 0 Å². The topological polar surface area (TPSA) is 21.3 Å². The summed E-state index contributed by atoms with van der Waals surface area (Å²) in [5, 5.41) is 3.51. The molecule has 1 aliphatic carbocycles. The molecule has 0 amide bonds. The van der Waals surface area contributed by atoms with Crippen molar-refractivity contribution in [2.75, 3.05) is 13.2 Å². The van der Waals surface area contributed by atoms with Gasteiger partial charge < -0.3 is 10.1 Å². The zero-order chi connectivity index (χ0) is 11.1. The quantitative estimate of drug-likeness (QED) is 0.619. The van der Waals surface area contributed by atoms with Crippen LogP contribution in [0.3, 0.4) is 0 Å². The highest BCUT2D eigenvalue weighted by Crippen LogP contribution is 2.36. The van der Waals surface area contributed by atoms with Crippen molar-refractivity contribution >= 4 is 0 Å². The largest absolute Gasteiger partial charge is 0.377 e. The maximum Gasteiger partial charge on any atom is 0.0765 e. The van der Waals surface area contributed by atoms with Gasteiger partial charge in [-0.3, -0.25) is 0 Å². The Morgan fingerprint density at radius 1 is 1.47 bits per heavy atom. The number of rotatable bonds is 8. The number of hydrogen-bond acceptors (Lipinski definition) is 2. The monoisotopic (exact) mass is 209 g/mol. The van der Waals surface area contributed by atoms with Gasteiger partial charge in [-0.05, 0) is 38.6 Å². The van der Waals surface area contributed by atoms with Crippen LogP contribution in [0.2, 0.25) is 0 Å². The molecule has 1 rings (SSSR count). The zero-order valence-corrected chi connectivity index (χ0v) is 9.96. The van der Waals surface area contributed by atoms with Gasteiger partial charge in [-0.15, -0.1) is 12.3 Å². The summed E-state index contributed by atoms with van der Waals surface area (Å²) in [4.78, 5) is 0. The van der Waals surface area contributed by atoms with E-state index in [4.69, 9.17) is 11.2 Å². The van der Waals surface area contributed by atoms with Crippen molar-refractivity contribution < 1.29 is 4.74 Å². The molecule has 86 valence electrons. The molecule has 2 unspecified atom stereocenters. The molecule has 0 radical (unpaired) electrons. The first-order valence-corrected chi connectivity index (χ1v) is 6.11. The van der Waals surface area contributed by atoms with Gasteiger partial charge in [0.15, 0.2) is 0 Å². The lowest BCUT2D eigenvalue weighted by Crippen LogP contribution is -2.42. The minimum Gasteiger partial charge on any atom is -0.377 e. The molecule has 2 heteroatoms. The van der Waals surface area contributed by atoms with E-state index in [-0.39, 0.29) is 0 Å². The highest BCUT2D eigenvalue weighted by molar-refractivity contribution is 4.97. The van der Waals surface area contributed by atoms with Crippen LogP contribution < -0.4 is 5.32 Å². The summed E-state index contributed by atoms with van der Waals surface area (Å²) in [6.45, 7) is 6.05. The molecule has 1 fully saturated rings. The lowest BCUT2D eigenvalue weighted by Gasteiger charge is -2.26. The lowest BCUT2D eigenvalue weighted by molar-refractivity contribution is 0.0204. The minimum atomic E-state index is 0.331. The Bertz CT molecular complexity index is 205. The average Bonchev–Trinajstić information content (AvgIpc) is 3.05. The Hall–Kier alpha value is -0.520. The van der Waals surface area contributed by atoms with Crippen LogP contribution in [0.5, 0.6) is 0 Å². The van der Waals surface area contributed by atoms with E-state index in [9.17, 15) is 0 Å². The molecule has 0 bridgehead atoms. The van der Waals surface area contributed by atoms with Crippen LogP contribution >= 0.6 is 0 Å². The molecule has 0 aromatic heterocycles. The normalized spacial score (nSPS) is 19.5. The van der Waals surface area contributed by atoms with E-state index in [1.807, 2.05) is 0 Å². The second-order valence-corrected chi connectivity index (χ2v) is 4.23. The predicted octanol–water partition coefficient (Wildman–Crippen LogP) is 2.19. The van der Waals surface area contributed by atoms with E-state index in [0.717, 1.165) is 31.9 Å². The SMILES string of the molecule is C#CCC(NCCC)C(OCC)C1CC1. The van der Waals surface area contributed by atoms with E-state index < -0.39 is 0 Å². The van der Waals surface area contributed by atoms with E-state index in [1.54, 1.807) is 0 Å². The first kappa shape index (κ1) is 12.5. The van der Waals surface area contributed by atoms with Crippen molar-refractivity contribution in [1.29, 1.82) is 0 Å². The second-order valence-electron chi connectivity index (χ2n) is 4.23. The molecule has 0 heterocycles. The van der Waals surface area contributed by atoms with Crippen LogP contribution in [0.15, 0.2) is 0 Å². The van der Waals surface area contributed by atoms with Gasteiger partial charge in [0, 0.05) is 19.1 Å². The van der Waals surface area contributed by atoms with Gasteiger partial charge in [0.1, 0.15) is 0 Å². The lowest BCUT2D eigenvalue weighted by atomic mass is 10.0. The van der Waals surface area contributed by atoms with Crippen LogP contribution in [0.1, 0.15) is 39.5 Å². The van der Waals surface area contributed by atoms with Crippen molar-refractivity contribution in [2.24, 2.45) is 5.92 Å². The summed E-state index contributed by atoms with van der Waals surface area (Å²) in [6, 6.07) is 0.349. The molecule has 0 saturated heterocycles. The summed E-state index contributed by atoms with van der Waals surface area (Å²) in [7, 11) is 0. The summed E-state index contributed by atoms with van der Waals surface area (Å²) < 4.78 is 5.82. The molecule has 0 aromatic carbocycles. The van der Waals surface area contributed by atoms with Crippen molar-refractivity contribution in [3.05, 3.63) is 0 Å². The maximum atomic E-state index is 5.82. The van der Waals surface area contributed by atoms with E-state index >= 15 is 0 Å². The van der Waals surface area contributed by atoms with Gasteiger partial charge in [-0.2, -0.15) is 0 Å². The van der Waals surface area contributed by atoms with Gasteiger partial charge in [0.05, 0.1) is 6.10 Å². The number of ether oxygens (including phenoxy) is 1. The highest BCUT2D eigenvalue weighted by atomic mass is 16.5. The fraction of sp³-hybridized carbons (Fsp3) is 0.846. The Balaban J connectivity index is 2.45. The van der Waals surface area contributed by atoms with E-state index in [0.29, 0.717) is 12.1 Å². The zero-order valence-electron chi connectivity index (χ0n) is 9.96. The second kappa shape index (κ2) is 6.87. The fourth-order valence-electron chi connectivity index (χ4n) is 1.96. The molecular formula is C13H23NO. The molecular weight excluding hydrogens is 186 g/mol. The Morgan fingerprint density at radius 3 is 2.67 bits per heavy atom. The molecule has 1 N–H and O–H groups in total. The third kappa shape index (κ3) is 4.24. The van der Waals surface area contributed by atoms with E-state index in [1.165, 1.54) is 12.8 Å². The summed E-state index contributed by atoms with van der Waals surface area (Å²) in [6.07, 6.45) is 10.3. The molecule has 0 aromatic rings. The highest BCUT2D eigenvalue weighted by Gasteiger charge is 2.36. The average molecular weight is 209 g/mol.